The zero-order chi connectivity index (χ0) is 29.1. The molecule has 2 aliphatic heterocycles. The Morgan fingerprint density at radius 3 is 2.51 bits per heavy atom. The molecule has 2 atom stereocenters. The maximum atomic E-state index is 13.4. The summed E-state index contributed by atoms with van der Waals surface area (Å²) in [5, 5.41) is 21.4. The minimum absolute atomic E-state index is 0.0424. The molecule has 0 fully saturated rings. The Morgan fingerprint density at radius 2 is 1.76 bits per heavy atom. The van der Waals surface area contributed by atoms with Crippen LogP contribution in [0.1, 0.15) is 36.5 Å². The minimum atomic E-state index is -1.87. The van der Waals surface area contributed by atoms with Gasteiger partial charge in [-0.25, -0.2) is 0 Å². The molecule has 8 heteroatoms. The highest BCUT2D eigenvalue weighted by Gasteiger charge is 2.51. The smallest absolute Gasteiger partial charge is 0.264 e. The Bertz CT molecular complexity index is 1490. The number of aryl methyl sites for hydroxylation is 1. The number of hydrogen-bond acceptors (Lipinski definition) is 5. The van der Waals surface area contributed by atoms with E-state index in [1.165, 1.54) is 4.90 Å². The van der Waals surface area contributed by atoms with Gasteiger partial charge in [0.2, 0.25) is 11.8 Å². The van der Waals surface area contributed by atoms with Crippen molar-refractivity contribution >= 4 is 34.8 Å². The fourth-order valence-electron chi connectivity index (χ4n) is 5.75. The van der Waals surface area contributed by atoms with Crippen molar-refractivity contribution in [3.63, 3.8) is 0 Å². The first-order valence-electron chi connectivity index (χ1n) is 13.9. The molecule has 212 valence electrons. The second-order valence-corrected chi connectivity index (χ2v) is 10.6. The van der Waals surface area contributed by atoms with Gasteiger partial charge in [0.05, 0.1) is 18.0 Å². The third kappa shape index (κ3) is 5.28. The molecule has 3 aromatic rings. The fourth-order valence-corrected chi connectivity index (χ4v) is 5.75. The van der Waals surface area contributed by atoms with Crippen molar-refractivity contribution in [1.82, 2.24) is 4.90 Å². The van der Waals surface area contributed by atoms with Gasteiger partial charge in [-0.15, -0.1) is 0 Å². The van der Waals surface area contributed by atoms with Crippen LogP contribution in [0.25, 0.3) is 0 Å². The molecule has 0 saturated heterocycles. The first-order valence-corrected chi connectivity index (χ1v) is 13.9. The van der Waals surface area contributed by atoms with Crippen molar-refractivity contribution < 1.29 is 24.6 Å². The quantitative estimate of drug-likeness (QED) is 0.389. The van der Waals surface area contributed by atoms with Gasteiger partial charge >= 0.3 is 0 Å². The molecule has 3 aromatic carbocycles. The van der Waals surface area contributed by atoms with E-state index in [0.29, 0.717) is 36.3 Å². The third-order valence-electron chi connectivity index (χ3n) is 8.05. The van der Waals surface area contributed by atoms with E-state index in [1.807, 2.05) is 54.6 Å². The van der Waals surface area contributed by atoms with Crippen LogP contribution in [-0.4, -0.2) is 53.0 Å². The highest BCUT2D eigenvalue weighted by Crippen LogP contribution is 2.47. The molecule has 0 aliphatic carbocycles. The average molecular weight is 554 g/mol. The number of amides is 3. The Hall–Kier alpha value is -4.27. The molecule has 3 amide bonds. The number of para-hydroxylation sites is 1. The number of carbonyl (C=O) groups is 3. The van der Waals surface area contributed by atoms with E-state index in [4.69, 9.17) is 0 Å². The molecule has 0 spiro atoms. The van der Waals surface area contributed by atoms with Crippen LogP contribution < -0.4 is 9.80 Å². The number of anilines is 3. The highest BCUT2D eigenvalue weighted by atomic mass is 16.3. The molecule has 2 heterocycles. The predicted octanol–water partition coefficient (Wildman–Crippen LogP) is 4.07. The molecule has 0 unspecified atom stereocenters. The lowest BCUT2D eigenvalue weighted by Crippen LogP contribution is -2.43. The molecular formula is C33H35N3O5. The lowest BCUT2D eigenvalue weighted by atomic mass is 9.82. The summed E-state index contributed by atoms with van der Waals surface area (Å²) in [7, 11) is 1.62. The average Bonchev–Trinajstić information content (AvgIpc) is 3.18. The van der Waals surface area contributed by atoms with E-state index in [9.17, 15) is 24.6 Å². The van der Waals surface area contributed by atoms with Gasteiger partial charge in [-0.2, -0.15) is 0 Å². The summed E-state index contributed by atoms with van der Waals surface area (Å²) in [6.07, 6.45) is 4.46. The number of aliphatic hydroxyl groups is 2. The maximum Gasteiger partial charge on any atom is 0.264 e. The molecule has 5 rings (SSSR count). The minimum Gasteiger partial charge on any atom is -0.395 e. The Balaban J connectivity index is 1.38. The zero-order valence-corrected chi connectivity index (χ0v) is 23.4. The van der Waals surface area contributed by atoms with Gasteiger partial charge in [0.15, 0.2) is 5.60 Å². The van der Waals surface area contributed by atoms with E-state index in [2.05, 4.69) is 0 Å². The molecule has 2 aliphatic rings. The standard InChI is InChI=1S/C33H35N3O5/c1-23(9-8-14-30(38)35(19-20-37)22-24-10-4-3-5-11-24)33(41)27-21-26(16-17-29(27)34(2)32(33)40)36-28-13-7-6-12-25(28)15-18-31(36)39/h3-13,16-17,21,23,37,41H,14-15,18-20,22H2,1-2H3/b9-8+/t23-,33+/m1/s1. The maximum absolute atomic E-state index is 13.4. The summed E-state index contributed by atoms with van der Waals surface area (Å²) in [6, 6.07) is 22.6. The van der Waals surface area contributed by atoms with Crippen LogP contribution in [0.3, 0.4) is 0 Å². The largest absolute Gasteiger partial charge is 0.395 e. The van der Waals surface area contributed by atoms with Crippen molar-refractivity contribution in [2.45, 2.75) is 38.3 Å². The van der Waals surface area contributed by atoms with E-state index in [-0.39, 0.29) is 31.4 Å². The lowest BCUT2D eigenvalue weighted by Gasteiger charge is -2.31. The van der Waals surface area contributed by atoms with Crippen LogP contribution in [-0.2, 0) is 33.0 Å². The summed E-state index contributed by atoms with van der Waals surface area (Å²) in [4.78, 5) is 44.1. The normalized spacial score (nSPS) is 18.9. The number of aliphatic hydroxyl groups excluding tert-OH is 1. The molecule has 0 aromatic heterocycles. The first-order chi connectivity index (χ1) is 19.8. The summed E-state index contributed by atoms with van der Waals surface area (Å²) in [5.41, 5.74) is 2.56. The second kappa shape index (κ2) is 11.7. The van der Waals surface area contributed by atoms with Crippen molar-refractivity contribution in [2.24, 2.45) is 5.92 Å². The van der Waals surface area contributed by atoms with E-state index in [1.54, 1.807) is 54.1 Å². The molecule has 0 radical (unpaired) electrons. The van der Waals surface area contributed by atoms with Gasteiger partial charge < -0.3 is 20.0 Å². The Morgan fingerprint density at radius 1 is 1.02 bits per heavy atom. The number of nitrogens with zero attached hydrogens (tertiary/aromatic N) is 3. The molecular weight excluding hydrogens is 518 g/mol. The monoisotopic (exact) mass is 553 g/mol. The first kappa shape index (κ1) is 28.3. The number of likely N-dealkylation sites (N-methyl/N-ethyl adjacent to an activating group) is 1. The van der Waals surface area contributed by atoms with E-state index >= 15 is 0 Å². The molecule has 0 saturated carbocycles. The van der Waals surface area contributed by atoms with Crippen molar-refractivity contribution in [1.29, 1.82) is 0 Å². The highest BCUT2D eigenvalue weighted by molar-refractivity contribution is 6.09. The van der Waals surface area contributed by atoms with Gasteiger partial charge in [-0.05, 0) is 41.8 Å². The lowest BCUT2D eigenvalue weighted by molar-refractivity contribution is -0.139. The third-order valence-corrected chi connectivity index (χ3v) is 8.05. The van der Waals surface area contributed by atoms with Crippen molar-refractivity contribution in [3.05, 3.63) is 102 Å². The van der Waals surface area contributed by atoms with Crippen molar-refractivity contribution in [3.8, 4) is 0 Å². The Labute approximate surface area is 240 Å². The number of hydrogen-bond donors (Lipinski definition) is 2. The van der Waals surface area contributed by atoms with Gasteiger partial charge in [0.25, 0.3) is 5.91 Å². The van der Waals surface area contributed by atoms with Gasteiger partial charge in [-0.3, -0.25) is 19.3 Å². The van der Waals surface area contributed by atoms with Gasteiger partial charge in [0.1, 0.15) is 0 Å². The van der Waals surface area contributed by atoms with Crippen LogP contribution in [0.15, 0.2) is 84.9 Å². The van der Waals surface area contributed by atoms with E-state index in [0.717, 1.165) is 16.8 Å². The van der Waals surface area contributed by atoms with Crippen LogP contribution >= 0.6 is 0 Å². The molecule has 8 nitrogen and oxygen atoms in total. The number of carbonyl (C=O) groups excluding carboxylic acids is 3. The number of rotatable bonds is 9. The summed E-state index contributed by atoms with van der Waals surface area (Å²) in [5.74, 6) is -1.34. The molecule has 0 bridgehead atoms. The zero-order valence-electron chi connectivity index (χ0n) is 23.4. The van der Waals surface area contributed by atoms with Crippen LogP contribution in [0.5, 0.6) is 0 Å². The van der Waals surface area contributed by atoms with Gasteiger partial charge in [0, 0.05) is 50.1 Å². The van der Waals surface area contributed by atoms with Crippen LogP contribution in [0.2, 0.25) is 0 Å². The fraction of sp³-hybridized carbons (Fsp3) is 0.303. The summed E-state index contributed by atoms with van der Waals surface area (Å²) in [6.45, 7) is 2.18. The van der Waals surface area contributed by atoms with Crippen LogP contribution in [0, 0.1) is 5.92 Å². The van der Waals surface area contributed by atoms with Crippen molar-refractivity contribution in [2.75, 3.05) is 30.0 Å². The topological polar surface area (TPSA) is 101 Å². The van der Waals surface area contributed by atoms with Crippen LogP contribution in [0.4, 0.5) is 17.1 Å². The number of benzene rings is 3. The molecule has 2 N–H and O–H groups in total. The molecule has 41 heavy (non-hydrogen) atoms. The second-order valence-electron chi connectivity index (χ2n) is 10.6. The van der Waals surface area contributed by atoms with E-state index < -0.39 is 17.4 Å². The predicted molar refractivity (Wildman–Crippen MR) is 158 cm³/mol. The summed E-state index contributed by atoms with van der Waals surface area (Å²) >= 11 is 0. The SMILES string of the molecule is C[C@H](/C=C/CC(=O)N(CCO)Cc1ccccc1)[C@@]1(O)C(=O)N(C)c2ccc(N3C(=O)CCc4ccccc43)cc21. The Kier molecular flexibility index (Phi) is 8.06. The number of fused-ring (bicyclic) bond motifs is 2. The summed E-state index contributed by atoms with van der Waals surface area (Å²) < 4.78 is 0. The van der Waals surface area contributed by atoms with Gasteiger partial charge in [-0.1, -0.05) is 67.6 Å².